The zero-order valence-corrected chi connectivity index (χ0v) is 25.6. The average molecular weight is 605 g/mol. The summed E-state index contributed by atoms with van der Waals surface area (Å²) in [7, 11) is 4.00. The van der Waals surface area contributed by atoms with Gasteiger partial charge >= 0.3 is 0 Å². The average Bonchev–Trinajstić information content (AvgIpc) is 3.69. The number of aromatic nitrogens is 2. The number of fused-ring (bicyclic) bond motifs is 6. The molecule has 210 valence electrons. The summed E-state index contributed by atoms with van der Waals surface area (Å²) in [6.45, 7) is 0. The summed E-state index contributed by atoms with van der Waals surface area (Å²) in [4.78, 5) is 30.6. The molecule has 0 spiro atoms. The molecule has 9 aromatic rings. The van der Waals surface area contributed by atoms with Crippen LogP contribution < -0.4 is 10.9 Å². The molecule has 0 bridgehead atoms. The lowest BCUT2D eigenvalue weighted by Gasteiger charge is -2.17. The Morgan fingerprint density at radius 3 is 1.34 bits per heavy atom. The van der Waals surface area contributed by atoms with Gasteiger partial charge in [-0.2, -0.15) is 0 Å². The van der Waals surface area contributed by atoms with E-state index in [-0.39, 0.29) is 10.9 Å². The predicted molar refractivity (Wildman–Crippen MR) is 189 cm³/mol. The molecule has 0 saturated carbocycles. The molecule has 44 heavy (non-hydrogen) atoms. The van der Waals surface area contributed by atoms with Gasteiger partial charge in [0, 0.05) is 65.9 Å². The Bertz CT molecular complexity index is 2540. The molecule has 4 aromatic heterocycles. The molecule has 0 amide bonds. The number of thiophene rings is 2. The topological polar surface area (TPSA) is 44.0 Å². The van der Waals surface area contributed by atoms with E-state index in [0.29, 0.717) is 21.5 Å². The van der Waals surface area contributed by atoms with E-state index in [1.54, 1.807) is 22.7 Å². The summed E-state index contributed by atoms with van der Waals surface area (Å²) in [5.41, 5.74) is 5.24. The minimum atomic E-state index is -0.0247. The Morgan fingerprint density at radius 2 is 0.909 bits per heavy atom. The largest absolute Gasteiger partial charge is 0.343 e. The molecular weight excluding hydrogens is 581 g/mol. The number of hydrogen-bond donors (Lipinski definition) is 0. The molecule has 9 rings (SSSR count). The van der Waals surface area contributed by atoms with Gasteiger partial charge in [0.15, 0.2) is 10.9 Å². The van der Waals surface area contributed by atoms with Crippen molar-refractivity contribution < 1.29 is 0 Å². The number of para-hydroxylation sites is 2. The molecule has 6 heteroatoms. The van der Waals surface area contributed by atoms with Crippen molar-refractivity contribution in [3.8, 4) is 20.9 Å². The lowest BCUT2D eigenvalue weighted by Crippen LogP contribution is -2.14. The van der Waals surface area contributed by atoms with E-state index in [9.17, 15) is 9.59 Å². The summed E-state index contributed by atoms with van der Waals surface area (Å²) in [5.74, 6) is 0. The molecule has 0 N–H and O–H groups in total. The van der Waals surface area contributed by atoms with Gasteiger partial charge in [0.2, 0.25) is 0 Å². The van der Waals surface area contributed by atoms with Crippen LogP contribution in [-0.2, 0) is 14.1 Å². The van der Waals surface area contributed by atoms with Crippen molar-refractivity contribution in [3.63, 3.8) is 0 Å². The summed E-state index contributed by atoms with van der Waals surface area (Å²) in [6, 6.07) is 36.8. The molecule has 0 fully saturated rings. The normalized spacial score (nSPS) is 12.0. The Morgan fingerprint density at radius 1 is 0.477 bits per heavy atom. The van der Waals surface area contributed by atoms with Gasteiger partial charge in [-0.15, -0.1) is 22.7 Å². The van der Waals surface area contributed by atoms with Crippen LogP contribution in [0.25, 0.3) is 84.7 Å². The monoisotopic (exact) mass is 604 g/mol. The van der Waals surface area contributed by atoms with E-state index < -0.39 is 0 Å². The Balaban J connectivity index is 1.36. The van der Waals surface area contributed by atoms with E-state index in [1.165, 1.54) is 20.2 Å². The molecular formula is C38H24N2O2S2. The molecule has 0 unspecified atom stereocenters. The molecule has 0 aliphatic rings. The first kappa shape index (κ1) is 25.5. The molecule has 5 aromatic carbocycles. The van der Waals surface area contributed by atoms with E-state index in [1.807, 2.05) is 62.6 Å². The van der Waals surface area contributed by atoms with Crippen LogP contribution >= 0.6 is 22.7 Å². The molecule has 4 heterocycles. The highest BCUT2D eigenvalue weighted by Crippen LogP contribution is 2.39. The fourth-order valence-electron chi connectivity index (χ4n) is 6.83. The second kappa shape index (κ2) is 9.23. The van der Waals surface area contributed by atoms with Gasteiger partial charge in [0.05, 0.1) is 22.1 Å². The van der Waals surface area contributed by atoms with Crippen molar-refractivity contribution >= 4 is 86.5 Å². The Hall–Kier alpha value is -5.04. The quantitative estimate of drug-likeness (QED) is 0.185. The maximum atomic E-state index is 14.2. The zero-order chi connectivity index (χ0) is 29.7. The van der Waals surface area contributed by atoms with Crippen molar-refractivity contribution in [2.45, 2.75) is 0 Å². The first-order chi connectivity index (χ1) is 21.5. The lowest BCUT2D eigenvalue weighted by atomic mass is 10.0. The van der Waals surface area contributed by atoms with E-state index in [4.69, 9.17) is 0 Å². The van der Waals surface area contributed by atoms with E-state index in [0.717, 1.165) is 42.9 Å². The smallest absolute Gasteiger partial charge is 0.197 e. The minimum absolute atomic E-state index is 0.0247. The lowest BCUT2D eigenvalue weighted by molar-refractivity contribution is 0.995. The van der Waals surface area contributed by atoms with Crippen molar-refractivity contribution in [2.75, 3.05) is 0 Å². The first-order valence-electron chi connectivity index (χ1n) is 14.5. The van der Waals surface area contributed by atoms with Crippen molar-refractivity contribution in [3.05, 3.63) is 130 Å². The van der Waals surface area contributed by atoms with E-state index >= 15 is 0 Å². The molecule has 4 nitrogen and oxygen atoms in total. The third-order valence-corrected chi connectivity index (χ3v) is 11.2. The van der Waals surface area contributed by atoms with Crippen LogP contribution in [0.3, 0.4) is 0 Å². The van der Waals surface area contributed by atoms with Crippen LogP contribution in [0, 0.1) is 0 Å². The highest BCUT2D eigenvalue weighted by atomic mass is 32.1. The first-order valence-corrected chi connectivity index (χ1v) is 16.1. The number of benzene rings is 5. The highest BCUT2D eigenvalue weighted by molar-refractivity contribution is 7.22. The molecule has 0 radical (unpaired) electrons. The van der Waals surface area contributed by atoms with Crippen molar-refractivity contribution in [1.82, 2.24) is 9.13 Å². The maximum Gasteiger partial charge on any atom is 0.197 e. The minimum Gasteiger partial charge on any atom is -0.343 e. The predicted octanol–water partition coefficient (Wildman–Crippen LogP) is 9.46. The van der Waals surface area contributed by atoms with Gasteiger partial charge in [-0.1, -0.05) is 60.7 Å². The zero-order valence-electron chi connectivity index (χ0n) is 23.9. The summed E-state index contributed by atoms with van der Waals surface area (Å²) >= 11 is 3.45. The van der Waals surface area contributed by atoms with Gasteiger partial charge in [0.1, 0.15) is 0 Å². The van der Waals surface area contributed by atoms with Crippen LogP contribution in [0.1, 0.15) is 0 Å². The van der Waals surface area contributed by atoms with Crippen molar-refractivity contribution in [2.24, 2.45) is 14.1 Å². The van der Waals surface area contributed by atoms with E-state index in [2.05, 4.69) is 69.8 Å². The fourth-order valence-corrected chi connectivity index (χ4v) is 9.01. The standard InChI is InChI=1S/C38H24N2O2S2/c1-39-29-19-28-30(40(2)36-24(12-8-14-26(36)38(28)42)34-18-22-10-4-6-16-32(22)44-34)20-27(29)37(41)25-13-7-11-23(35(25)39)33-17-21-9-3-5-15-31(21)43-33/h3-20H,1-2H3. The van der Waals surface area contributed by atoms with Gasteiger partial charge < -0.3 is 9.13 Å². The second-order valence-electron chi connectivity index (χ2n) is 11.4. The van der Waals surface area contributed by atoms with Gasteiger partial charge in [-0.3, -0.25) is 9.59 Å². The van der Waals surface area contributed by atoms with Crippen LogP contribution in [0.4, 0.5) is 0 Å². The fraction of sp³-hybridized carbons (Fsp3) is 0.0526. The number of rotatable bonds is 2. The van der Waals surface area contributed by atoms with Crippen LogP contribution in [0.5, 0.6) is 0 Å². The Kier molecular flexibility index (Phi) is 5.34. The van der Waals surface area contributed by atoms with Gasteiger partial charge in [-0.05, 0) is 59.3 Å². The highest BCUT2D eigenvalue weighted by Gasteiger charge is 2.19. The maximum absolute atomic E-state index is 14.2. The third-order valence-electron chi connectivity index (χ3n) is 8.94. The number of hydrogen-bond acceptors (Lipinski definition) is 4. The van der Waals surface area contributed by atoms with Crippen LogP contribution in [0.2, 0.25) is 0 Å². The van der Waals surface area contributed by atoms with Crippen LogP contribution in [0.15, 0.2) is 119 Å². The Labute approximate surface area is 259 Å². The summed E-state index contributed by atoms with van der Waals surface area (Å²) in [6.07, 6.45) is 0. The number of nitrogens with zero attached hydrogens (tertiary/aromatic N) is 2. The SMILES string of the molecule is Cn1c2cc3c(=O)c4cccc(-c5cc6ccccc6s5)c4n(C)c3cc2c(=O)c2cccc(-c3cc4ccccc4s3)c21. The number of aryl methyl sites for hydroxylation is 2. The van der Waals surface area contributed by atoms with Gasteiger partial charge in [0.25, 0.3) is 0 Å². The number of pyridine rings is 2. The van der Waals surface area contributed by atoms with Crippen LogP contribution in [-0.4, -0.2) is 9.13 Å². The van der Waals surface area contributed by atoms with Gasteiger partial charge in [-0.25, -0.2) is 0 Å². The third kappa shape index (κ3) is 3.49. The molecule has 0 atom stereocenters. The molecule has 0 aliphatic heterocycles. The second-order valence-corrected chi connectivity index (χ2v) is 13.5. The molecule has 0 aliphatic carbocycles. The summed E-state index contributed by atoms with van der Waals surface area (Å²) in [5, 5.41) is 4.93. The summed E-state index contributed by atoms with van der Waals surface area (Å²) < 4.78 is 6.59. The van der Waals surface area contributed by atoms with Crippen molar-refractivity contribution in [1.29, 1.82) is 0 Å². The molecule has 0 saturated heterocycles.